The Bertz CT molecular complexity index is 55.9. The monoisotopic (exact) mass is 130 g/mol. The molecular formula is C7H18N2. The maximum Gasteiger partial charge on any atom is 0.0163 e. The van der Waals surface area contributed by atoms with Crippen LogP contribution in [0.15, 0.2) is 0 Å². The van der Waals surface area contributed by atoms with Gasteiger partial charge in [0, 0.05) is 12.6 Å². The van der Waals surface area contributed by atoms with Gasteiger partial charge in [-0.25, -0.2) is 0 Å². The third kappa shape index (κ3) is 4.43. The third-order valence-corrected chi connectivity index (χ3v) is 1.62. The average Bonchev–Trinajstić information content (AvgIpc) is 1.87. The highest BCUT2D eigenvalue weighted by molar-refractivity contribution is 4.60. The van der Waals surface area contributed by atoms with E-state index in [1.165, 1.54) is 0 Å². The Labute approximate surface area is 58.2 Å². The van der Waals surface area contributed by atoms with Crippen LogP contribution in [0, 0.1) is 0 Å². The van der Waals surface area contributed by atoms with Gasteiger partial charge in [0.15, 0.2) is 0 Å². The summed E-state index contributed by atoms with van der Waals surface area (Å²) in [4.78, 5) is 2.29. The molecule has 2 nitrogen and oxygen atoms in total. The minimum Gasteiger partial charge on any atom is -0.316 e. The molecule has 0 aliphatic carbocycles. The molecule has 0 spiro atoms. The maximum atomic E-state index is 3.19. The van der Waals surface area contributed by atoms with Crippen LogP contribution in [0.25, 0.3) is 0 Å². The van der Waals surface area contributed by atoms with E-state index in [-0.39, 0.29) is 0 Å². The molecule has 0 aromatic heterocycles. The molecule has 0 unspecified atom stereocenters. The lowest BCUT2D eigenvalue weighted by atomic mass is 10.3. The van der Waals surface area contributed by atoms with Gasteiger partial charge < -0.3 is 10.2 Å². The molecule has 0 saturated heterocycles. The summed E-state index contributed by atoms with van der Waals surface area (Å²) in [5.74, 6) is 0. The number of hydrogen-bond acceptors (Lipinski definition) is 2. The van der Waals surface area contributed by atoms with Crippen molar-refractivity contribution < 1.29 is 0 Å². The molecule has 0 fully saturated rings. The second-order valence-corrected chi connectivity index (χ2v) is 2.54. The molecule has 0 aromatic rings. The molecule has 0 heterocycles. The van der Waals surface area contributed by atoms with E-state index in [1.54, 1.807) is 0 Å². The second-order valence-electron chi connectivity index (χ2n) is 2.54. The highest BCUT2D eigenvalue weighted by Gasteiger charge is 1.99. The lowest BCUT2D eigenvalue weighted by molar-refractivity contribution is 0.317. The van der Waals surface area contributed by atoms with Crippen molar-refractivity contribution in [3.05, 3.63) is 0 Å². The van der Waals surface area contributed by atoms with Gasteiger partial charge in [0.2, 0.25) is 0 Å². The summed E-state index contributed by atoms with van der Waals surface area (Å²) >= 11 is 0. The first-order valence-corrected chi connectivity index (χ1v) is 3.56. The number of rotatable bonds is 4. The maximum absolute atomic E-state index is 3.19. The molecule has 0 amide bonds. The van der Waals surface area contributed by atoms with Crippen LogP contribution < -0.4 is 5.32 Å². The standard InChI is InChI=1S/C7H18N2/c1-5-9(4)6-7(2)8-3/h7-8H,5-6H2,1-4H3/t7-/m0/s1. The topological polar surface area (TPSA) is 15.3 Å². The zero-order chi connectivity index (χ0) is 7.28. The first-order valence-electron chi connectivity index (χ1n) is 3.56. The molecule has 2 heteroatoms. The highest BCUT2D eigenvalue weighted by Crippen LogP contribution is 1.85. The van der Waals surface area contributed by atoms with Crippen LogP contribution in [0.5, 0.6) is 0 Å². The number of nitrogens with zero attached hydrogens (tertiary/aromatic N) is 1. The van der Waals surface area contributed by atoms with E-state index in [9.17, 15) is 0 Å². The zero-order valence-electron chi connectivity index (χ0n) is 6.94. The van der Waals surface area contributed by atoms with Crippen LogP contribution in [0.2, 0.25) is 0 Å². The van der Waals surface area contributed by atoms with Crippen LogP contribution >= 0.6 is 0 Å². The summed E-state index contributed by atoms with van der Waals surface area (Å²) in [6, 6.07) is 0.606. The van der Waals surface area contributed by atoms with Crippen molar-refractivity contribution in [3.8, 4) is 0 Å². The van der Waals surface area contributed by atoms with Gasteiger partial charge in [-0.2, -0.15) is 0 Å². The van der Waals surface area contributed by atoms with Crippen molar-refractivity contribution >= 4 is 0 Å². The van der Waals surface area contributed by atoms with Gasteiger partial charge in [-0.15, -0.1) is 0 Å². The molecular weight excluding hydrogens is 112 g/mol. The molecule has 0 aliphatic rings. The summed E-state index contributed by atoms with van der Waals surface area (Å²) < 4.78 is 0. The zero-order valence-corrected chi connectivity index (χ0v) is 6.94. The fourth-order valence-electron chi connectivity index (χ4n) is 0.688. The van der Waals surface area contributed by atoms with Crippen molar-refractivity contribution in [2.24, 2.45) is 0 Å². The van der Waals surface area contributed by atoms with Crippen LogP contribution in [-0.4, -0.2) is 38.1 Å². The normalized spacial score (nSPS) is 14.3. The number of nitrogens with one attached hydrogen (secondary N) is 1. The first kappa shape index (κ1) is 8.92. The van der Waals surface area contributed by atoms with E-state index in [1.807, 2.05) is 7.05 Å². The number of hydrogen-bond donors (Lipinski definition) is 1. The lowest BCUT2D eigenvalue weighted by Crippen LogP contribution is -2.35. The molecule has 0 aromatic carbocycles. The van der Waals surface area contributed by atoms with Gasteiger partial charge in [0.1, 0.15) is 0 Å². The molecule has 0 radical (unpaired) electrons. The van der Waals surface area contributed by atoms with E-state index in [0.717, 1.165) is 13.1 Å². The predicted molar refractivity (Wildman–Crippen MR) is 41.7 cm³/mol. The van der Waals surface area contributed by atoms with Gasteiger partial charge >= 0.3 is 0 Å². The summed E-state index contributed by atoms with van der Waals surface area (Å²) in [6.45, 7) is 6.62. The summed E-state index contributed by atoms with van der Waals surface area (Å²) in [5, 5.41) is 3.19. The molecule has 0 saturated carbocycles. The van der Waals surface area contributed by atoms with Crippen molar-refractivity contribution in [1.82, 2.24) is 10.2 Å². The van der Waals surface area contributed by atoms with Gasteiger partial charge in [-0.1, -0.05) is 6.92 Å². The Morgan fingerprint density at radius 1 is 1.56 bits per heavy atom. The van der Waals surface area contributed by atoms with Gasteiger partial charge in [-0.05, 0) is 27.6 Å². The van der Waals surface area contributed by atoms with Crippen molar-refractivity contribution in [1.29, 1.82) is 0 Å². The molecule has 1 N–H and O–H groups in total. The largest absolute Gasteiger partial charge is 0.316 e. The fourth-order valence-corrected chi connectivity index (χ4v) is 0.688. The SMILES string of the molecule is CCN(C)C[C@H](C)NC. The van der Waals surface area contributed by atoms with E-state index < -0.39 is 0 Å². The van der Waals surface area contributed by atoms with E-state index in [4.69, 9.17) is 0 Å². The number of likely N-dealkylation sites (N-methyl/N-ethyl adjacent to an activating group) is 2. The Morgan fingerprint density at radius 2 is 2.11 bits per heavy atom. The summed E-state index contributed by atoms with van der Waals surface area (Å²) in [5.41, 5.74) is 0. The van der Waals surface area contributed by atoms with Crippen LogP contribution in [0.1, 0.15) is 13.8 Å². The predicted octanol–water partition coefficient (Wildman–Crippen LogP) is 0.546. The van der Waals surface area contributed by atoms with Crippen molar-refractivity contribution in [2.45, 2.75) is 19.9 Å². The Kier molecular flexibility index (Phi) is 4.72. The smallest absolute Gasteiger partial charge is 0.0163 e. The Morgan fingerprint density at radius 3 is 2.44 bits per heavy atom. The minimum absolute atomic E-state index is 0.606. The lowest BCUT2D eigenvalue weighted by Gasteiger charge is -2.18. The molecule has 0 rings (SSSR count). The van der Waals surface area contributed by atoms with E-state index in [0.29, 0.717) is 6.04 Å². The van der Waals surface area contributed by atoms with Crippen molar-refractivity contribution in [2.75, 3.05) is 27.2 Å². The Hall–Kier alpha value is -0.0800. The molecule has 0 aliphatic heterocycles. The summed E-state index contributed by atoms with van der Waals surface area (Å²) in [7, 11) is 4.13. The molecule has 9 heavy (non-hydrogen) atoms. The minimum atomic E-state index is 0.606. The Balaban J connectivity index is 3.22. The van der Waals surface area contributed by atoms with Crippen LogP contribution in [-0.2, 0) is 0 Å². The molecule has 56 valence electrons. The van der Waals surface area contributed by atoms with Crippen molar-refractivity contribution in [3.63, 3.8) is 0 Å². The molecule has 0 bridgehead atoms. The quantitative estimate of drug-likeness (QED) is 0.597. The first-order chi connectivity index (χ1) is 4.20. The molecule has 1 atom stereocenters. The third-order valence-electron chi connectivity index (χ3n) is 1.62. The van der Waals surface area contributed by atoms with Crippen LogP contribution in [0.4, 0.5) is 0 Å². The average molecular weight is 130 g/mol. The second kappa shape index (κ2) is 4.77. The van der Waals surface area contributed by atoms with Gasteiger partial charge in [0.05, 0.1) is 0 Å². The van der Waals surface area contributed by atoms with E-state index >= 15 is 0 Å². The van der Waals surface area contributed by atoms with Gasteiger partial charge in [-0.3, -0.25) is 0 Å². The highest BCUT2D eigenvalue weighted by atomic mass is 15.1. The van der Waals surface area contributed by atoms with E-state index in [2.05, 4.69) is 31.1 Å². The van der Waals surface area contributed by atoms with Gasteiger partial charge in [0.25, 0.3) is 0 Å². The fraction of sp³-hybridized carbons (Fsp3) is 1.00. The summed E-state index contributed by atoms with van der Waals surface area (Å²) in [6.07, 6.45) is 0. The van der Waals surface area contributed by atoms with Crippen LogP contribution in [0.3, 0.4) is 0 Å².